The molecule has 1 aliphatic rings. The fraction of sp³-hybridized carbons (Fsp3) is 0.308. The van der Waals surface area contributed by atoms with Crippen LogP contribution in [0.25, 0.3) is 11.1 Å². The van der Waals surface area contributed by atoms with Gasteiger partial charge >= 0.3 is 0 Å². The standard InChI is InChI=1S/C26H28FN3O3S/c1-18(19-7-11-23(27)12-8-19)29-26(31)20-9-13-24(14-10-20)30-34(32,33)25-6-2-4-21(16-25)22-5-3-15-28-17-22/h2-8,11-12,15-18,20,24,30H,9-10,13-14H2,1H3,(H,29,31)/t18-,20-,24-/m1/s1. The predicted octanol–water partition coefficient (Wildman–Crippen LogP) is 4.60. The van der Waals surface area contributed by atoms with Crippen LogP contribution in [0.2, 0.25) is 0 Å². The molecule has 4 rings (SSSR count). The van der Waals surface area contributed by atoms with E-state index in [1.165, 1.54) is 12.1 Å². The number of amides is 1. The van der Waals surface area contributed by atoms with Crippen molar-refractivity contribution in [2.24, 2.45) is 5.92 Å². The normalized spacial score (nSPS) is 19.4. The van der Waals surface area contributed by atoms with Gasteiger partial charge in [-0.25, -0.2) is 17.5 Å². The van der Waals surface area contributed by atoms with Crippen molar-refractivity contribution in [3.8, 4) is 11.1 Å². The zero-order chi connectivity index (χ0) is 24.1. The number of halogens is 1. The zero-order valence-corrected chi connectivity index (χ0v) is 19.8. The first-order valence-corrected chi connectivity index (χ1v) is 12.9. The lowest BCUT2D eigenvalue weighted by atomic mass is 9.85. The Bertz CT molecular complexity index is 1230. The van der Waals surface area contributed by atoms with E-state index in [2.05, 4.69) is 15.0 Å². The molecule has 1 atom stereocenters. The molecule has 1 aliphatic carbocycles. The average Bonchev–Trinajstić information content (AvgIpc) is 2.85. The van der Waals surface area contributed by atoms with Crippen molar-refractivity contribution in [2.75, 3.05) is 0 Å². The largest absolute Gasteiger partial charge is 0.349 e. The number of hydrogen-bond donors (Lipinski definition) is 2. The summed E-state index contributed by atoms with van der Waals surface area (Å²) in [6.45, 7) is 1.87. The van der Waals surface area contributed by atoms with E-state index >= 15 is 0 Å². The highest BCUT2D eigenvalue weighted by Crippen LogP contribution is 2.28. The van der Waals surface area contributed by atoms with Crippen LogP contribution in [0.4, 0.5) is 4.39 Å². The lowest BCUT2D eigenvalue weighted by Crippen LogP contribution is -2.41. The van der Waals surface area contributed by atoms with Crippen molar-refractivity contribution < 1.29 is 17.6 Å². The van der Waals surface area contributed by atoms with Gasteiger partial charge in [-0.2, -0.15) is 0 Å². The van der Waals surface area contributed by atoms with E-state index in [9.17, 15) is 17.6 Å². The molecular formula is C26H28FN3O3S. The van der Waals surface area contributed by atoms with E-state index in [0.29, 0.717) is 25.7 Å². The van der Waals surface area contributed by atoms with E-state index in [-0.39, 0.29) is 34.6 Å². The molecule has 1 fully saturated rings. The fourth-order valence-electron chi connectivity index (χ4n) is 4.30. The molecule has 1 amide bonds. The topological polar surface area (TPSA) is 88.2 Å². The van der Waals surface area contributed by atoms with Crippen molar-refractivity contribution >= 4 is 15.9 Å². The van der Waals surface area contributed by atoms with Gasteiger partial charge in [-0.05, 0) is 74.1 Å². The first-order chi connectivity index (χ1) is 16.3. The van der Waals surface area contributed by atoms with Crippen LogP contribution in [0, 0.1) is 11.7 Å². The number of carbonyl (C=O) groups is 1. The van der Waals surface area contributed by atoms with Crippen molar-refractivity contribution in [1.82, 2.24) is 15.0 Å². The number of nitrogens with zero attached hydrogens (tertiary/aromatic N) is 1. The van der Waals surface area contributed by atoms with Crippen molar-refractivity contribution in [1.29, 1.82) is 0 Å². The maximum atomic E-state index is 13.1. The first-order valence-electron chi connectivity index (χ1n) is 11.4. The van der Waals surface area contributed by atoms with Crippen LogP contribution in [0.1, 0.15) is 44.2 Å². The minimum atomic E-state index is -3.69. The highest BCUT2D eigenvalue weighted by atomic mass is 32.2. The summed E-state index contributed by atoms with van der Waals surface area (Å²) in [6, 6.07) is 16.1. The number of hydrogen-bond acceptors (Lipinski definition) is 4. The van der Waals surface area contributed by atoms with Gasteiger partial charge in [-0.1, -0.05) is 30.3 Å². The van der Waals surface area contributed by atoms with Gasteiger partial charge in [0.1, 0.15) is 5.82 Å². The third-order valence-corrected chi connectivity index (χ3v) is 7.81. The molecule has 1 saturated carbocycles. The molecule has 178 valence electrons. The van der Waals surface area contributed by atoms with Gasteiger partial charge < -0.3 is 5.32 Å². The third-order valence-electron chi connectivity index (χ3n) is 6.29. The van der Waals surface area contributed by atoms with Crippen LogP contribution >= 0.6 is 0 Å². The number of sulfonamides is 1. The molecule has 1 aromatic heterocycles. The summed E-state index contributed by atoms with van der Waals surface area (Å²) >= 11 is 0. The lowest BCUT2D eigenvalue weighted by molar-refractivity contribution is -0.126. The second-order valence-corrected chi connectivity index (χ2v) is 10.4. The maximum absolute atomic E-state index is 13.1. The monoisotopic (exact) mass is 481 g/mol. The van der Waals surface area contributed by atoms with Crippen LogP contribution in [0.15, 0.2) is 78.0 Å². The number of pyridine rings is 1. The molecule has 0 spiro atoms. The Hall–Kier alpha value is -3.10. The predicted molar refractivity (Wildman–Crippen MR) is 129 cm³/mol. The highest BCUT2D eigenvalue weighted by Gasteiger charge is 2.30. The van der Waals surface area contributed by atoms with Crippen LogP contribution in [-0.4, -0.2) is 25.4 Å². The summed E-state index contributed by atoms with van der Waals surface area (Å²) in [4.78, 5) is 17.0. The Morgan fingerprint density at radius 2 is 1.71 bits per heavy atom. The second kappa shape index (κ2) is 10.4. The van der Waals surface area contributed by atoms with Gasteiger partial charge in [-0.3, -0.25) is 9.78 Å². The Morgan fingerprint density at radius 1 is 1.00 bits per heavy atom. The molecule has 0 aliphatic heterocycles. The molecule has 0 radical (unpaired) electrons. The zero-order valence-electron chi connectivity index (χ0n) is 18.9. The van der Waals surface area contributed by atoms with Crippen LogP contribution in [0.5, 0.6) is 0 Å². The summed E-state index contributed by atoms with van der Waals surface area (Å²) in [5.41, 5.74) is 2.47. The summed E-state index contributed by atoms with van der Waals surface area (Å²) in [5.74, 6) is -0.535. The highest BCUT2D eigenvalue weighted by molar-refractivity contribution is 7.89. The SMILES string of the molecule is C[C@@H](NC(=O)[C@H]1CC[C@H](NS(=O)(=O)c2cccc(-c3cccnc3)c2)CC1)c1ccc(F)cc1. The third kappa shape index (κ3) is 5.87. The molecule has 3 aromatic rings. The van der Waals surface area contributed by atoms with Crippen molar-refractivity contribution in [2.45, 2.75) is 49.6 Å². The molecule has 2 aromatic carbocycles. The minimum Gasteiger partial charge on any atom is -0.349 e. The summed E-state index contributed by atoms with van der Waals surface area (Å²) in [7, 11) is -3.69. The number of benzene rings is 2. The van der Waals surface area contributed by atoms with E-state index in [0.717, 1.165) is 16.7 Å². The quantitative estimate of drug-likeness (QED) is 0.516. The van der Waals surface area contributed by atoms with Gasteiger partial charge in [0.2, 0.25) is 15.9 Å². The molecular weight excluding hydrogens is 453 g/mol. The summed E-state index contributed by atoms with van der Waals surface area (Å²) < 4.78 is 41.9. The van der Waals surface area contributed by atoms with Crippen LogP contribution in [-0.2, 0) is 14.8 Å². The van der Waals surface area contributed by atoms with Crippen LogP contribution in [0.3, 0.4) is 0 Å². The number of rotatable bonds is 7. The molecule has 1 heterocycles. The Labute approximate surface area is 199 Å². The molecule has 0 bridgehead atoms. The smallest absolute Gasteiger partial charge is 0.240 e. The molecule has 2 N–H and O–H groups in total. The van der Waals surface area contributed by atoms with Gasteiger partial charge in [0.05, 0.1) is 10.9 Å². The second-order valence-electron chi connectivity index (χ2n) is 8.72. The summed E-state index contributed by atoms with van der Waals surface area (Å²) in [6.07, 6.45) is 5.75. The summed E-state index contributed by atoms with van der Waals surface area (Å²) in [5, 5.41) is 2.99. The van der Waals surface area contributed by atoms with Crippen LogP contribution < -0.4 is 10.0 Å². The number of carbonyl (C=O) groups excluding carboxylic acids is 1. The van der Waals surface area contributed by atoms with E-state index in [1.54, 1.807) is 42.7 Å². The fourth-order valence-corrected chi connectivity index (χ4v) is 5.65. The van der Waals surface area contributed by atoms with E-state index in [4.69, 9.17) is 0 Å². The van der Waals surface area contributed by atoms with Gasteiger partial charge in [0.15, 0.2) is 0 Å². The van der Waals surface area contributed by atoms with Crippen molar-refractivity contribution in [3.05, 3.63) is 84.4 Å². The Balaban J connectivity index is 1.33. The Kier molecular flexibility index (Phi) is 7.38. The maximum Gasteiger partial charge on any atom is 0.240 e. The number of nitrogens with one attached hydrogen (secondary N) is 2. The molecule has 34 heavy (non-hydrogen) atoms. The Morgan fingerprint density at radius 3 is 2.38 bits per heavy atom. The molecule has 8 heteroatoms. The van der Waals surface area contributed by atoms with Crippen molar-refractivity contribution in [3.63, 3.8) is 0 Å². The van der Waals surface area contributed by atoms with E-state index in [1.807, 2.05) is 25.1 Å². The lowest BCUT2D eigenvalue weighted by Gasteiger charge is -2.29. The van der Waals surface area contributed by atoms with E-state index < -0.39 is 10.0 Å². The molecule has 0 saturated heterocycles. The minimum absolute atomic E-state index is 0.0534. The molecule has 0 unspecified atom stereocenters. The van der Waals surface area contributed by atoms with Gasteiger partial charge in [0.25, 0.3) is 0 Å². The average molecular weight is 482 g/mol. The molecule has 6 nitrogen and oxygen atoms in total. The number of aromatic nitrogens is 1. The van der Waals surface area contributed by atoms with Gasteiger partial charge in [-0.15, -0.1) is 0 Å². The first kappa shape index (κ1) is 24.0. The van der Waals surface area contributed by atoms with Gasteiger partial charge in [0, 0.05) is 29.9 Å².